The van der Waals surface area contributed by atoms with Crippen molar-refractivity contribution in [2.75, 3.05) is 32.1 Å². The van der Waals surface area contributed by atoms with Gasteiger partial charge in [-0.15, -0.1) is 0 Å². The number of benzene rings is 1. The van der Waals surface area contributed by atoms with Gasteiger partial charge in [0.25, 0.3) is 0 Å². The lowest BCUT2D eigenvalue weighted by Gasteiger charge is -2.33. The van der Waals surface area contributed by atoms with Crippen molar-refractivity contribution >= 4 is 17.7 Å². The topological polar surface area (TPSA) is 39.7 Å². The molecular weight excluding hydrogens is 340 g/mol. The van der Waals surface area contributed by atoms with Gasteiger partial charge in [-0.3, -0.25) is 9.89 Å². The van der Waals surface area contributed by atoms with Crippen LogP contribution in [0.4, 0.5) is 0 Å². The monoisotopic (exact) mass is 376 g/mol. The third kappa shape index (κ3) is 7.20. The zero-order valence-electron chi connectivity index (χ0n) is 16.8. The van der Waals surface area contributed by atoms with E-state index in [2.05, 4.69) is 58.0 Å². The lowest BCUT2D eigenvalue weighted by molar-refractivity contribution is 0.152. The number of likely N-dealkylation sites (tertiary alicyclic amines) is 1. The number of piperidine rings is 1. The van der Waals surface area contributed by atoms with Crippen molar-refractivity contribution in [3.8, 4) is 0 Å². The predicted molar refractivity (Wildman–Crippen MR) is 116 cm³/mol. The van der Waals surface area contributed by atoms with Gasteiger partial charge in [-0.05, 0) is 62.3 Å². The number of nitrogens with zero attached hydrogens (tertiary/aromatic N) is 2. The molecule has 5 heteroatoms. The van der Waals surface area contributed by atoms with Crippen molar-refractivity contribution in [1.29, 1.82) is 0 Å². The Bertz CT molecular complexity index is 547. The van der Waals surface area contributed by atoms with Crippen LogP contribution >= 0.6 is 11.8 Å². The Morgan fingerprint density at radius 1 is 1.19 bits per heavy atom. The Labute approximate surface area is 164 Å². The minimum Gasteiger partial charge on any atom is -0.356 e. The molecule has 4 nitrogen and oxygen atoms in total. The summed E-state index contributed by atoms with van der Waals surface area (Å²) in [5.41, 5.74) is 2.81. The maximum atomic E-state index is 4.36. The van der Waals surface area contributed by atoms with Crippen molar-refractivity contribution in [2.24, 2.45) is 4.99 Å². The highest BCUT2D eigenvalue weighted by Crippen LogP contribution is 2.20. The standard InChI is InChI=1S/C21H36N4S/c1-18-10-6-8-14-25(18)17-20-12-5-4-11-19(20)16-24-21(22-2)23-13-7-9-15-26-3/h4-5,11-12,18H,6-10,13-17H2,1-3H3,(H2,22,23,24). The molecule has 0 spiro atoms. The highest BCUT2D eigenvalue weighted by molar-refractivity contribution is 7.98. The van der Waals surface area contributed by atoms with Crippen LogP contribution in [0, 0.1) is 0 Å². The molecule has 26 heavy (non-hydrogen) atoms. The molecule has 0 saturated carbocycles. The van der Waals surface area contributed by atoms with Gasteiger partial charge in [-0.1, -0.05) is 30.7 Å². The molecule has 1 aromatic rings. The minimum atomic E-state index is 0.695. The summed E-state index contributed by atoms with van der Waals surface area (Å²) in [6.07, 6.45) is 8.63. The second-order valence-electron chi connectivity index (χ2n) is 7.14. The molecule has 1 saturated heterocycles. The van der Waals surface area contributed by atoms with Crippen LogP contribution in [0.2, 0.25) is 0 Å². The maximum absolute atomic E-state index is 4.36. The zero-order chi connectivity index (χ0) is 18.6. The molecule has 1 aromatic carbocycles. The molecular formula is C21H36N4S. The van der Waals surface area contributed by atoms with E-state index < -0.39 is 0 Å². The number of guanidine groups is 1. The van der Waals surface area contributed by atoms with Crippen LogP contribution in [0.25, 0.3) is 0 Å². The van der Waals surface area contributed by atoms with Gasteiger partial charge >= 0.3 is 0 Å². The fourth-order valence-electron chi connectivity index (χ4n) is 3.47. The van der Waals surface area contributed by atoms with Gasteiger partial charge in [-0.2, -0.15) is 11.8 Å². The predicted octanol–water partition coefficient (Wildman–Crippen LogP) is 3.87. The first-order chi connectivity index (χ1) is 12.7. The SMILES string of the molecule is CN=C(NCCCCSC)NCc1ccccc1CN1CCCCC1C. The van der Waals surface area contributed by atoms with Crippen molar-refractivity contribution in [1.82, 2.24) is 15.5 Å². The van der Waals surface area contributed by atoms with E-state index in [4.69, 9.17) is 0 Å². The van der Waals surface area contributed by atoms with Gasteiger partial charge in [0.05, 0.1) is 0 Å². The highest BCUT2D eigenvalue weighted by atomic mass is 32.2. The quantitative estimate of drug-likeness (QED) is 0.390. The Balaban J connectivity index is 1.84. The van der Waals surface area contributed by atoms with E-state index >= 15 is 0 Å². The van der Waals surface area contributed by atoms with Gasteiger partial charge in [0.15, 0.2) is 5.96 Å². The lowest BCUT2D eigenvalue weighted by Crippen LogP contribution is -2.38. The maximum Gasteiger partial charge on any atom is 0.191 e. The number of rotatable bonds is 9. The molecule has 2 rings (SSSR count). The van der Waals surface area contributed by atoms with Crippen LogP contribution in [0.1, 0.15) is 50.2 Å². The van der Waals surface area contributed by atoms with Crippen LogP contribution < -0.4 is 10.6 Å². The second kappa shape index (κ2) is 12.2. The number of aliphatic imine (C=N–C) groups is 1. The smallest absolute Gasteiger partial charge is 0.191 e. The highest BCUT2D eigenvalue weighted by Gasteiger charge is 2.19. The first-order valence-corrected chi connectivity index (χ1v) is 11.4. The van der Waals surface area contributed by atoms with Crippen molar-refractivity contribution < 1.29 is 0 Å². The fraction of sp³-hybridized carbons (Fsp3) is 0.667. The van der Waals surface area contributed by atoms with Gasteiger partial charge < -0.3 is 10.6 Å². The number of nitrogens with one attached hydrogen (secondary N) is 2. The number of thioether (sulfide) groups is 1. The summed E-state index contributed by atoms with van der Waals surface area (Å²) >= 11 is 1.91. The minimum absolute atomic E-state index is 0.695. The molecule has 146 valence electrons. The summed E-state index contributed by atoms with van der Waals surface area (Å²) in [4.78, 5) is 6.98. The summed E-state index contributed by atoms with van der Waals surface area (Å²) < 4.78 is 0. The van der Waals surface area contributed by atoms with Crippen LogP contribution in [0.5, 0.6) is 0 Å². The van der Waals surface area contributed by atoms with Crippen LogP contribution in [-0.4, -0.2) is 49.0 Å². The Morgan fingerprint density at radius 2 is 2.00 bits per heavy atom. The van der Waals surface area contributed by atoms with Crippen LogP contribution in [0.15, 0.2) is 29.3 Å². The molecule has 2 N–H and O–H groups in total. The van der Waals surface area contributed by atoms with Crippen molar-refractivity contribution in [3.63, 3.8) is 0 Å². The zero-order valence-corrected chi connectivity index (χ0v) is 17.6. The Kier molecular flexibility index (Phi) is 9.93. The van der Waals surface area contributed by atoms with Crippen LogP contribution in [0.3, 0.4) is 0 Å². The average molecular weight is 377 g/mol. The average Bonchev–Trinajstić information content (AvgIpc) is 2.67. The molecule has 0 bridgehead atoms. The normalized spacial score (nSPS) is 18.7. The van der Waals surface area contributed by atoms with Gasteiger partial charge in [0.2, 0.25) is 0 Å². The molecule has 0 aliphatic carbocycles. The van der Waals surface area contributed by atoms with E-state index in [-0.39, 0.29) is 0 Å². The summed E-state index contributed by atoms with van der Waals surface area (Å²) in [6, 6.07) is 9.51. The Hall–Kier alpha value is -1.20. The molecule has 0 amide bonds. The molecule has 1 unspecified atom stereocenters. The number of hydrogen-bond donors (Lipinski definition) is 2. The molecule has 1 heterocycles. The summed E-state index contributed by atoms with van der Waals surface area (Å²) in [5, 5.41) is 6.91. The molecule has 1 fully saturated rings. The molecule has 0 radical (unpaired) electrons. The summed E-state index contributed by atoms with van der Waals surface area (Å²) in [5.74, 6) is 2.13. The molecule has 1 atom stereocenters. The van der Waals surface area contributed by atoms with E-state index in [1.807, 2.05) is 18.8 Å². The number of unbranched alkanes of at least 4 members (excludes halogenated alkanes) is 1. The van der Waals surface area contributed by atoms with Crippen LogP contribution in [-0.2, 0) is 13.1 Å². The first kappa shape index (κ1) is 21.1. The van der Waals surface area contributed by atoms with Crippen molar-refractivity contribution in [3.05, 3.63) is 35.4 Å². The molecule has 0 aromatic heterocycles. The number of hydrogen-bond acceptors (Lipinski definition) is 3. The lowest BCUT2D eigenvalue weighted by atomic mass is 10.0. The summed E-state index contributed by atoms with van der Waals surface area (Å²) in [7, 11) is 1.85. The van der Waals surface area contributed by atoms with E-state index in [1.165, 1.54) is 55.5 Å². The van der Waals surface area contributed by atoms with Gasteiger partial charge in [0, 0.05) is 32.7 Å². The third-order valence-electron chi connectivity index (χ3n) is 5.17. The Morgan fingerprint density at radius 3 is 2.73 bits per heavy atom. The summed E-state index contributed by atoms with van der Waals surface area (Å²) in [6.45, 7) is 6.45. The first-order valence-electron chi connectivity index (χ1n) is 9.99. The second-order valence-corrected chi connectivity index (χ2v) is 8.12. The van der Waals surface area contributed by atoms with Gasteiger partial charge in [-0.25, -0.2) is 0 Å². The third-order valence-corrected chi connectivity index (χ3v) is 5.87. The fourth-order valence-corrected chi connectivity index (χ4v) is 3.97. The van der Waals surface area contributed by atoms with Crippen molar-refractivity contribution in [2.45, 2.75) is 58.2 Å². The van der Waals surface area contributed by atoms with E-state index in [0.717, 1.165) is 25.6 Å². The van der Waals surface area contributed by atoms with E-state index in [0.29, 0.717) is 6.04 Å². The van der Waals surface area contributed by atoms with Gasteiger partial charge in [0.1, 0.15) is 0 Å². The largest absolute Gasteiger partial charge is 0.356 e. The van der Waals surface area contributed by atoms with E-state index in [9.17, 15) is 0 Å². The van der Waals surface area contributed by atoms with E-state index in [1.54, 1.807) is 0 Å². The molecule has 1 aliphatic heterocycles. The molecule has 1 aliphatic rings.